The monoisotopic (exact) mass is 282 g/mol. The normalized spacial score (nSPS) is 19.8. The van der Waals surface area contributed by atoms with Crippen LogP contribution in [0.15, 0.2) is 22.7 Å². The van der Waals surface area contributed by atoms with Crippen LogP contribution in [0.3, 0.4) is 0 Å². The summed E-state index contributed by atoms with van der Waals surface area (Å²) in [6, 6.07) is 5.93. The van der Waals surface area contributed by atoms with E-state index in [9.17, 15) is 4.79 Å². The molecule has 1 fully saturated rings. The molecule has 16 heavy (non-hydrogen) atoms. The second-order valence-electron chi connectivity index (χ2n) is 4.13. The fraction of sp³-hybridized carbons (Fsp3) is 0.417. The van der Waals surface area contributed by atoms with Gasteiger partial charge in [0.2, 0.25) is 0 Å². The van der Waals surface area contributed by atoms with Crippen LogP contribution in [0.4, 0.5) is 0 Å². The summed E-state index contributed by atoms with van der Waals surface area (Å²) in [7, 11) is 0. The predicted molar refractivity (Wildman–Crippen MR) is 67.6 cm³/mol. The highest BCUT2D eigenvalue weighted by atomic mass is 79.9. The Morgan fingerprint density at radius 2 is 2.38 bits per heavy atom. The van der Waals surface area contributed by atoms with Gasteiger partial charge in [-0.25, -0.2) is 0 Å². The van der Waals surface area contributed by atoms with Gasteiger partial charge in [-0.2, -0.15) is 0 Å². The number of aryl methyl sites for hydroxylation is 1. The second-order valence-corrected chi connectivity index (χ2v) is 4.98. The Bertz CT molecular complexity index is 400. The zero-order valence-electron chi connectivity index (χ0n) is 9.22. The number of nitrogens with one attached hydrogen (secondary N) is 2. The van der Waals surface area contributed by atoms with Crippen molar-refractivity contribution >= 4 is 21.8 Å². The summed E-state index contributed by atoms with van der Waals surface area (Å²) in [4.78, 5) is 11.9. The average Bonchev–Trinajstić information content (AvgIpc) is 2.74. The first-order valence-corrected chi connectivity index (χ1v) is 6.24. The van der Waals surface area contributed by atoms with Crippen LogP contribution in [0.5, 0.6) is 0 Å². The molecule has 1 unspecified atom stereocenters. The summed E-state index contributed by atoms with van der Waals surface area (Å²) in [5, 5.41) is 6.25. The molecule has 0 bridgehead atoms. The number of hydrogen-bond acceptors (Lipinski definition) is 2. The molecule has 0 aromatic heterocycles. The summed E-state index contributed by atoms with van der Waals surface area (Å²) >= 11 is 3.42. The van der Waals surface area contributed by atoms with Crippen molar-refractivity contribution in [2.75, 3.05) is 13.1 Å². The maximum absolute atomic E-state index is 11.9. The highest BCUT2D eigenvalue weighted by Gasteiger charge is 2.17. The lowest BCUT2D eigenvalue weighted by Gasteiger charge is -2.11. The number of benzene rings is 1. The highest BCUT2D eigenvalue weighted by molar-refractivity contribution is 9.10. The average molecular weight is 283 g/mol. The van der Waals surface area contributed by atoms with Gasteiger partial charge in [0.1, 0.15) is 0 Å². The first-order valence-electron chi connectivity index (χ1n) is 5.44. The van der Waals surface area contributed by atoms with Crippen LogP contribution < -0.4 is 10.6 Å². The molecule has 1 aliphatic rings. The van der Waals surface area contributed by atoms with Crippen LogP contribution in [0.2, 0.25) is 0 Å². The maximum atomic E-state index is 11.9. The molecule has 2 N–H and O–H groups in total. The van der Waals surface area contributed by atoms with E-state index in [2.05, 4.69) is 26.6 Å². The minimum Gasteiger partial charge on any atom is -0.348 e. The van der Waals surface area contributed by atoms with Crippen LogP contribution >= 0.6 is 15.9 Å². The largest absolute Gasteiger partial charge is 0.348 e. The van der Waals surface area contributed by atoms with E-state index in [0.717, 1.165) is 35.1 Å². The summed E-state index contributed by atoms with van der Waals surface area (Å²) in [6.45, 7) is 3.85. The molecule has 86 valence electrons. The molecule has 2 rings (SSSR count). The molecule has 1 saturated heterocycles. The third-order valence-electron chi connectivity index (χ3n) is 2.82. The Morgan fingerprint density at radius 1 is 1.56 bits per heavy atom. The van der Waals surface area contributed by atoms with Gasteiger partial charge in [0.05, 0.1) is 0 Å². The minimum atomic E-state index is 0.0179. The summed E-state index contributed by atoms with van der Waals surface area (Å²) in [6.07, 6.45) is 1.02. The predicted octanol–water partition coefficient (Wildman–Crippen LogP) is 1.85. The van der Waals surface area contributed by atoms with Gasteiger partial charge >= 0.3 is 0 Å². The van der Waals surface area contributed by atoms with Gasteiger partial charge in [-0.3, -0.25) is 4.79 Å². The number of hydrogen-bond donors (Lipinski definition) is 2. The van der Waals surface area contributed by atoms with Crippen molar-refractivity contribution in [3.05, 3.63) is 33.8 Å². The van der Waals surface area contributed by atoms with E-state index in [0.29, 0.717) is 0 Å². The molecule has 0 aliphatic carbocycles. The standard InChI is InChI=1S/C12H15BrN2O/c1-8-6-9(2-3-11(8)13)12(16)15-10-4-5-14-7-10/h2-3,6,10,14H,4-5,7H2,1H3,(H,15,16). The van der Waals surface area contributed by atoms with Gasteiger partial charge in [-0.05, 0) is 43.7 Å². The van der Waals surface area contributed by atoms with Gasteiger partial charge < -0.3 is 10.6 Å². The van der Waals surface area contributed by atoms with Gasteiger partial charge in [0.15, 0.2) is 0 Å². The van der Waals surface area contributed by atoms with E-state index in [1.807, 2.05) is 25.1 Å². The molecule has 0 saturated carbocycles. The number of rotatable bonds is 2. The van der Waals surface area contributed by atoms with E-state index in [1.54, 1.807) is 0 Å². The zero-order valence-corrected chi connectivity index (χ0v) is 10.8. The fourth-order valence-electron chi connectivity index (χ4n) is 1.83. The molecule has 1 aromatic rings. The van der Waals surface area contributed by atoms with Gasteiger partial charge in [0, 0.05) is 22.6 Å². The second kappa shape index (κ2) is 4.97. The molecule has 0 radical (unpaired) electrons. The van der Waals surface area contributed by atoms with Crippen molar-refractivity contribution in [2.45, 2.75) is 19.4 Å². The van der Waals surface area contributed by atoms with E-state index < -0.39 is 0 Å². The van der Waals surface area contributed by atoms with Crippen molar-refractivity contribution in [3.63, 3.8) is 0 Å². The molecule has 1 amide bonds. The van der Waals surface area contributed by atoms with Crippen LogP contribution in [0.1, 0.15) is 22.3 Å². The van der Waals surface area contributed by atoms with Crippen LogP contribution in [0.25, 0.3) is 0 Å². The number of amides is 1. The van der Waals surface area contributed by atoms with E-state index >= 15 is 0 Å². The van der Waals surface area contributed by atoms with Crippen molar-refractivity contribution < 1.29 is 4.79 Å². The molecular weight excluding hydrogens is 268 g/mol. The van der Waals surface area contributed by atoms with E-state index in [1.165, 1.54) is 0 Å². The summed E-state index contributed by atoms with van der Waals surface area (Å²) < 4.78 is 1.03. The van der Waals surface area contributed by atoms with Crippen LogP contribution in [-0.2, 0) is 0 Å². The Kier molecular flexibility index (Phi) is 3.61. The molecule has 1 aromatic carbocycles. The van der Waals surface area contributed by atoms with Crippen molar-refractivity contribution in [1.29, 1.82) is 0 Å². The first-order chi connectivity index (χ1) is 7.66. The lowest BCUT2D eigenvalue weighted by molar-refractivity contribution is 0.0940. The zero-order chi connectivity index (χ0) is 11.5. The van der Waals surface area contributed by atoms with E-state index in [4.69, 9.17) is 0 Å². The van der Waals surface area contributed by atoms with Crippen molar-refractivity contribution in [1.82, 2.24) is 10.6 Å². The summed E-state index contributed by atoms with van der Waals surface area (Å²) in [5.74, 6) is 0.0179. The maximum Gasteiger partial charge on any atom is 0.251 e. The molecule has 1 heterocycles. The Labute approximate surface area is 104 Å². The Morgan fingerprint density at radius 3 is 3.00 bits per heavy atom. The lowest BCUT2D eigenvalue weighted by Crippen LogP contribution is -2.36. The number of carbonyl (C=O) groups excluding carboxylic acids is 1. The Hall–Kier alpha value is -0.870. The SMILES string of the molecule is Cc1cc(C(=O)NC2CCNC2)ccc1Br. The topological polar surface area (TPSA) is 41.1 Å². The van der Waals surface area contributed by atoms with Crippen molar-refractivity contribution in [2.24, 2.45) is 0 Å². The molecule has 4 heteroatoms. The number of halogens is 1. The Balaban J connectivity index is 2.05. The van der Waals surface area contributed by atoms with Gasteiger partial charge in [0.25, 0.3) is 5.91 Å². The van der Waals surface area contributed by atoms with Crippen LogP contribution in [0, 0.1) is 6.92 Å². The third-order valence-corrected chi connectivity index (χ3v) is 3.71. The molecular formula is C12H15BrN2O. The third kappa shape index (κ3) is 2.62. The smallest absolute Gasteiger partial charge is 0.251 e. The quantitative estimate of drug-likeness (QED) is 0.869. The molecule has 1 aliphatic heterocycles. The number of carbonyl (C=O) groups is 1. The fourth-order valence-corrected chi connectivity index (χ4v) is 2.08. The van der Waals surface area contributed by atoms with Gasteiger partial charge in [-0.15, -0.1) is 0 Å². The van der Waals surface area contributed by atoms with Gasteiger partial charge in [-0.1, -0.05) is 15.9 Å². The summed E-state index contributed by atoms with van der Waals surface area (Å²) in [5.41, 5.74) is 1.81. The molecule has 0 spiro atoms. The van der Waals surface area contributed by atoms with Crippen LogP contribution in [-0.4, -0.2) is 25.0 Å². The highest BCUT2D eigenvalue weighted by Crippen LogP contribution is 2.17. The molecule has 1 atom stereocenters. The lowest BCUT2D eigenvalue weighted by atomic mass is 10.1. The first kappa shape index (κ1) is 11.6. The molecule has 3 nitrogen and oxygen atoms in total. The minimum absolute atomic E-state index is 0.0179. The van der Waals surface area contributed by atoms with E-state index in [-0.39, 0.29) is 11.9 Å². The van der Waals surface area contributed by atoms with Crippen molar-refractivity contribution in [3.8, 4) is 0 Å².